The van der Waals surface area contributed by atoms with Crippen molar-refractivity contribution < 1.29 is 5.11 Å². The predicted octanol–water partition coefficient (Wildman–Crippen LogP) is 2.02. The molecule has 0 bridgehead atoms. The fraction of sp³-hybridized carbons (Fsp3) is 0.357. The third-order valence-electron chi connectivity index (χ3n) is 3.11. The Morgan fingerprint density at radius 1 is 1.33 bits per heavy atom. The van der Waals surface area contributed by atoms with Gasteiger partial charge in [0, 0.05) is 35.8 Å². The lowest BCUT2D eigenvalue weighted by Crippen LogP contribution is -2.34. The molecule has 1 aromatic heterocycles. The van der Waals surface area contributed by atoms with Gasteiger partial charge in [-0.05, 0) is 26.0 Å². The zero-order valence-electron chi connectivity index (χ0n) is 10.8. The van der Waals surface area contributed by atoms with E-state index in [0.29, 0.717) is 12.6 Å². The summed E-state index contributed by atoms with van der Waals surface area (Å²) in [6.07, 6.45) is 3.55. The van der Waals surface area contributed by atoms with E-state index in [1.54, 1.807) is 12.4 Å². The average Bonchev–Trinajstić information content (AvgIpc) is 2.37. The minimum atomic E-state index is 0.117. The fourth-order valence-corrected chi connectivity index (χ4v) is 2.20. The number of anilines is 2. The molecule has 0 saturated heterocycles. The van der Waals surface area contributed by atoms with Crippen LogP contribution in [0.4, 0.5) is 11.4 Å². The van der Waals surface area contributed by atoms with Crippen molar-refractivity contribution in [1.82, 2.24) is 4.98 Å². The summed E-state index contributed by atoms with van der Waals surface area (Å²) in [5.74, 6) is 0. The van der Waals surface area contributed by atoms with Gasteiger partial charge >= 0.3 is 0 Å². The molecule has 18 heavy (non-hydrogen) atoms. The van der Waals surface area contributed by atoms with Gasteiger partial charge in [0.2, 0.25) is 0 Å². The molecule has 0 aliphatic carbocycles. The maximum Gasteiger partial charge on any atom is 0.0632 e. The van der Waals surface area contributed by atoms with Gasteiger partial charge in [-0.2, -0.15) is 0 Å². The molecule has 0 saturated carbocycles. The summed E-state index contributed by atoms with van der Waals surface area (Å²) in [7, 11) is 0. The van der Waals surface area contributed by atoms with E-state index in [1.807, 2.05) is 18.2 Å². The molecule has 2 aromatic rings. The molecule has 4 nitrogen and oxygen atoms in total. The Hall–Kier alpha value is -1.81. The van der Waals surface area contributed by atoms with E-state index in [-0.39, 0.29) is 6.61 Å². The van der Waals surface area contributed by atoms with Gasteiger partial charge in [0.25, 0.3) is 0 Å². The second kappa shape index (κ2) is 5.23. The first-order valence-corrected chi connectivity index (χ1v) is 6.15. The Morgan fingerprint density at radius 3 is 2.78 bits per heavy atom. The van der Waals surface area contributed by atoms with Crippen molar-refractivity contribution in [3.63, 3.8) is 0 Å². The molecule has 4 heteroatoms. The third-order valence-corrected chi connectivity index (χ3v) is 3.11. The van der Waals surface area contributed by atoms with E-state index < -0.39 is 0 Å². The van der Waals surface area contributed by atoms with Crippen LogP contribution in [0, 0.1) is 0 Å². The van der Waals surface area contributed by atoms with Gasteiger partial charge in [0.05, 0.1) is 18.0 Å². The highest BCUT2D eigenvalue weighted by atomic mass is 16.3. The third kappa shape index (κ3) is 2.24. The molecule has 0 spiro atoms. The summed E-state index contributed by atoms with van der Waals surface area (Å²) in [5.41, 5.74) is 7.95. The first-order valence-electron chi connectivity index (χ1n) is 6.15. The van der Waals surface area contributed by atoms with E-state index in [2.05, 4.69) is 23.7 Å². The van der Waals surface area contributed by atoms with Crippen LogP contribution in [0.1, 0.15) is 13.8 Å². The van der Waals surface area contributed by atoms with Crippen molar-refractivity contribution in [1.29, 1.82) is 0 Å². The summed E-state index contributed by atoms with van der Waals surface area (Å²) in [5, 5.41) is 11.2. The van der Waals surface area contributed by atoms with Gasteiger partial charge < -0.3 is 15.7 Å². The first kappa shape index (κ1) is 12.6. The van der Waals surface area contributed by atoms with Crippen molar-refractivity contribution in [3.8, 4) is 0 Å². The number of nitrogens with zero attached hydrogens (tertiary/aromatic N) is 2. The van der Waals surface area contributed by atoms with Crippen molar-refractivity contribution in [2.45, 2.75) is 19.9 Å². The Bertz CT molecular complexity index is 540. The molecular weight excluding hydrogens is 226 g/mol. The molecular formula is C14H19N3O. The number of aliphatic hydroxyl groups is 1. The lowest BCUT2D eigenvalue weighted by molar-refractivity contribution is 0.299. The van der Waals surface area contributed by atoms with Gasteiger partial charge in [-0.1, -0.05) is 6.07 Å². The second-order valence-electron chi connectivity index (χ2n) is 4.61. The van der Waals surface area contributed by atoms with Crippen LogP contribution in [-0.4, -0.2) is 29.3 Å². The Morgan fingerprint density at radius 2 is 2.11 bits per heavy atom. The molecule has 96 valence electrons. The molecule has 1 aromatic carbocycles. The lowest BCUT2D eigenvalue weighted by atomic mass is 10.1. The predicted molar refractivity (Wildman–Crippen MR) is 75.7 cm³/mol. The normalized spacial score (nSPS) is 11.1. The Kier molecular flexibility index (Phi) is 3.67. The summed E-state index contributed by atoms with van der Waals surface area (Å²) in [4.78, 5) is 6.20. The van der Waals surface area contributed by atoms with Crippen molar-refractivity contribution >= 4 is 22.1 Å². The zero-order valence-corrected chi connectivity index (χ0v) is 10.8. The smallest absolute Gasteiger partial charge is 0.0632 e. The van der Waals surface area contributed by atoms with Gasteiger partial charge in [-0.15, -0.1) is 0 Å². The largest absolute Gasteiger partial charge is 0.397 e. The maximum absolute atomic E-state index is 9.16. The van der Waals surface area contributed by atoms with E-state index in [9.17, 15) is 0 Å². The van der Waals surface area contributed by atoms with E-state index in [1.165, 1.54) is 0 Å². The van der Waals surface area contributed by atoms with Crippen LogP contribution in [0.3, 0.4) is 0 Å². The topological polar surface area (TPSA) is 62.4 Å². The van der Waals surface area contributed by atoms with Crippen LogP contribution in [0.5, 0.6) is 0 Å². The van der Waals surface area contributed by atoms with Crippen molar-refractivity contribution in [3.05, 3.63) is 30.6 Å². The second-order valence-corrected chi connectivity index (χ2v) is 4.61. The van der Waals surface area contributed by atoms with Gasteiger partial charge in [0.15, 0.2) is 0 Å². The summed E-state index contributed by atoms with van der Waals surface area (Å²) in [6.45, 7) is 4.88. The molecule has 0 radical (unpaired) electrons. The summed E-state index contributed by atoms with van der Waals surface area (Å²) < 4.78 is 0. The molecule has 0 amide bonds. The quantitative estimate of drug-likeness (QED) is 0.809. The number of benzene rings is 1. The highest BCUT2D eigenvalue weighted by molar-refractivity contribution is 5.98. The fourth-order valence-electron chi connectivity index (χ4n) is 2.20. The number of pyridine rings is 1. The first-order chi connectivity index (χ1) is 8.65. The minimum Gasteiger partial charge on any atom is -0.397 e. The standard InChI is InChI=1S/C14H19N3O/c1-10(2)17(7-8-18)13-4-3-11-9-16-6-5-12(11)14(13)15/h3-6,9-10,18H,7-8,15H2,1-2H3. The average molecular weight is 245 g/mol. The zero-order chi connectivity index (χ0) is 13.1. The Labute approximate surface area is 107 Å². The summed E-state index contributed by atoms with van der Waals surface area (Å²) in [6, 6.07) is 6.22. The lowest BCUT2D eigenvalue weighted by Gasteiger charge is -2.29. The van der Waals surface area contributed by atoms with Crippen molar-refractivity contribution in [2.24, 2.45) is 0 Å². The molecule has 2 rings (SSSR count). The van der Waals surface area contributed by atoms with Crippen LogP contribution >= 0.6 is 0 Å². The number of nitrogens with two attached hydrogens (primary N) is 1. The minimum absolute atomic E-state index is 0.117. The monoisotopic (exact) mass is 245 g/mol. The number of aromatic nitrogens is 1. The number of rotatable bonds is 4. The molecule has 0 unspecified atom stereocenters. The highest BCUT2D eigenvalue weighted by Crippen LogP contribution is 2.31. The number of nitrogen functional groups attached to an aromatic ring is 1. The molecule has 1 heterocycles. The van der Waals surface area contributed by atoms with Crippen LogP contribution < -0.4 is 10.6 Å². The number of fused-ring (bicyclic) bond motifs is 1. The van der Waals surface area contributed by atoms with Crippen LogP contribution in [0.25, 0.3) is 10.8 Å². The van der Waals surface area contributed by atoms with Gasteiger partial charge in [0.1, 0.15) is 0 Å². The van der Waals surface area contributed by atoms with E-state index >= 15 is 0 Å². The molecule has 0 aliphatic rings. The number of hydrogen-bond acceptors (Lipinski definition) is 4. The molecule has 3 N–H and O–H groups in total. The summed E-state index contributed by atoms with van der Waals surface area (Å²) >= 11 is 0. The Balaban J connectivity index is 2.53. The molecule has 0 fully saturated rings. The van der Waals surface area contributed by atoms with E-state index in [0.717, 1.165) is 22.1 Å². The molecule has 0 aliphatic heterocycles. The van der Waals surface area contributed by atoms with Gasteiger partial charge in [-0.25, -0.2) is 0 Å². The van der Waals surface area contributed by atoms with E-state index in [4.69, 9.17) is 10.8 Å². The van der Waals surface area contributed by atoms with Crippen LogP contribution in [0.2, 0.25) is 0 Å². The van der Waals surface area contributed by atoms with Gasteiger partial charge in [-0.3, -0.25) is 4.98 Å². The highest BCUT2D eigenvalue weighted by Gasteiger charge is 2.14. The molecule has 0 atom stereocenters. The number of aliphatic hydroxyl groups excluding tert-OH is 1. The van der Waals surface area contributed by atoms with Crippen LogP contribution in [0.15, 0.2) is 30.6 Å². The maximum atomic E-state index is 9.16. The van der Waals surface area contributed by atoms with Crippen LogP contribution in [-0.2, 0) is 0 Å². The van der Waals surface area contributed by atoms with Crippen molar-refractivity contribution in [2.75, 3.05) is 23.8 Å². The number of hydrogen-bond donors (Lipinski definition) is 2. The SMILES string of the molecule is CC(C)N(CCO)c1ccc2cnccc2c1N.